The van der Waals surface area contributed by atoms with E-state index >= 15 is 0 Å². The molecular formula is C11H13NO2. The van der Waals surface area contributed by atoms with Crippen molar-refractivity contribution in [3.8, 4) is 17.6 Å². The molecule has 0 unspecified atom stereocenters. The minimum absolute atomic E-state index is 0.0683. The highest BCUT2D eigenvalue weighted by Crippen LogP contribution is 2.34. The Balaban J connectivity index is 3.38. The number of phenols is 1. The lowest BCUT2D eigenvalue weighted by molar-refractivity contribution is 0.372. The smallest absolute Gasteiger partial charge is 0.176 e. The number of rotatable bonds is 2. The van der Waals surface area contributed by atoms with Gasteiger partial charge in [-0.3, -0.25) is 0 Å². The van der Waals surface area contributed by atoms with Crippen LogP contribution in [0, 0.1) is 11.3 Å². The Bertz CT molecular complexity index is 378. The fourth-order valence-electron chi connectivity index (χ4n) is 1.35. The predicted molar refractivity (Wildman–Crippen MR) is 53.5 cm³/mol. The Hall–Kier alpha value is -1.69. The number of methoxy groups -OCH3 is 1. The van der Waals surface area contributed by atoms with Crippen LogP contribution in [-0.4, -0.2) is 12.2 Å². The molecule has 1 rings (SSSR count). The van der Waals surface area contributed by atoms with Gasteiger partial charge in [-0.2, -0.15) is 5.26 Å². The standard InChI is InChI=1S/C11H13NO2/c1-7(2)8-4-5-10(14-3)11(13)9(8)6-12/h4-5,7,13H,1-3H3. The Morgan fingerprint density at radius 2 is 2.07 bits per heavy atom. The number of ether oxygens (including phenoxy) is 1. The summed E-state index contributed by atoms with van der Waals surface area (Å²) in [6.07, 6.45) is 0. The minimum atomic E-state index is -0.0683. The van der Waals surface area contributed by atoms with Gasteiger partial charge in [0, 0.05) is 0 Å². The summed E-state index contributed by atoms with van der Waals surface area (Å²) in [5.74, 6) is 0.480. The van der Waals surface area contributed by atoms with E-state index in [0.29, 0.717) is 11.3 Å². The molecule has 0 spiro atoms. The summed E-state index contributed by atoms with van der Waals surface area (Å²) in [7, 11) is 1.46. The summed E-state index contributed by atoms with van der Waals surface area (Å²) in [6, 6.07) is 5.47. The molecule has 1 N–H and O–H groups in total. The zero-order valence-corrected chi connectivity index (χ0v) is 8.53. The van der Waals surface area contributed by atoms with E-state index in [0.717, 1.165) is 5.56 Å². The summed E-state index contributed by atoms with van der Waals surface area (Å²) in [5, 5.41) is 18.6. The molecule has 0 heterocycles. The fraction of sp³-hybridized carbons (Fsp3) is 0.364. The Kier molecular flexibility index (Phi) is 2.98. The van der Waals surface area contributed by atoms with Gasteiger partial charge in [0.15, 0.2) is 11.5 Å². The second kappa shape index (κ2) is 4.01. The van der Waals surface area contributed by atoms with Gasteiger partial charge in [-0.25, -0.2) is 0 Å². The van der Waals surface area contributed by atoms with Crippen LogP contribution in [0.15, 0.2) is 12.1 Å². The van der Waals surface area contributed by atoms with Crippen molar-refractivity contribution >= 4 is 0 Å². The predicted octanol–water partition coefficient (Wildman–Crippen LogP) is 2.40. The van der Waals surface area contributed by atoms with Gasteiger partial charge in [-0.1, -0.05) is 19.9 Å². The average molecular weight is 191 g/mol. The van der Waals surface area contributed by atoms with Gasteiger partial charge in [0.2, 0.25) is 0 Å². The third kappa shape index (κ3) is 1.64. The Labute approximate surface area is 83.6 Å². The molecule has 0 aliphatic heterocycles. The number of phenolic OH excluding ortho intramolecular Hbond substituents is 1. The molecule has 0 amide bonds. The molecule has 0 saturated heterocycles. The first-order valence-corrected chi connectivity index (χ1v) is 4.41. The Morgan fingerprint density at radius 3 is 2.50 bits per heavy atom. The molecular weight excluding hydrogens is 178 g/mol. The number of nitriles is 1. The van der Waals surface area contributed by atoms with Crippen molar-refractivity contribution in [3.63, 3.8) is 0 Å². The van der Waals surface area contributed by atoms with Crippen LogP contribution in [0.5, 0.6) is 11.5 Å². The van der Waals surface area contributed by atoms with Crippen molar-refractivity contribution in [2.45, 2.75) is 19.8 Å². The Morgan fingerprint density at radius 1 is 1.43 bits per heavy atom. The zero-order chi connectivity index (χ0) is 10.7. The highest BCUT2D eigenvalue weighted by Gasteiger charge is 2.14. The van der Waals surface area contributed by atoms with E-state index in [1.807, 2.05) is 26.0 Å². The molecule has 0 aliphatic rings. The summed E-state index contributed by atoms with van der Waals surface area (Å²) in [6.45, 7) is 3.95. The third-order valence-corrected chi connectivity index (χ3v) is 2.13. The van der Waals surface area contributed by atoms with Gasteiger partial charge in [0.05, 0.1) is 7.11 Å². The highest BCUT2D eigenvalue weighted by atomic mass is 16.5. The maximum atomic E-state index is 9.67. The van der Waals surface area contributed by atoms with Gasteiger partial charge in [0.1, 0.15) is 11.6 Å². The third-order valence-electron chi connectivity index (χ3n) is 2.13. The fourth-order valence-corrected chi connectivity index (χ4v) is 1.35. The van der Waals surface area contributed by atoms with Crippen LogP contribution in [0.4, 0.5) is 0 Å². The summed E-state index contributed by atoms with van der Waals surface area (Å²) in [5.41, 5.74) is 1.14. The summed E-state index contributed by atoms with van der Waals surface area (Å²) >= 11 is 0. The van der Waals surface area contributed by atoms with Crippen LogP contribution in [0.2, 0.25) is 0 Å². The van der Waals surface area contributed by atoms with Crippen molar-refractivity contribution in [2.75, 3.05) is 7.11 Å². The van der Waals surface area contributed by atoms with E-state index in [4.69, 9.17) is 10.00 Å². The van der Waals surface area contributed by atoms with Crippen LogP contribution in [0.25, 0.3) is 0 Å². The van der Waals surface area contributed by atoms with Crippen molar-refractivity contribution in [1.29, 1.82) is 5.26 Å². The van der Waals surface area contributed by atoms with Crippen LogP contribution in [0.3, 0.4) is 0 Å². The van der Waals surface area contributed by atoms with E-state index < -0.39 is 0 Å². The van der Waals surface area contributed by atoms with Gasteiger partial charge in [0.25, 0.3) is 0 Å². The SMILES string of the molecule is COc1ccc(C(C)C)c(C#N)c1O. The molecule has 0 saturated carbocycles. The normalized spacial score (nSPS) is 9.93. The first kappa shape index (κ1) is 10.4. The van der Waals surface area contributed by atoms with Crippen LogP contribution >= 0.6 is 0 Å². The zero-order valence-electron chi connectivity index (χ0n) is 8.53. The molecule has 0 atom stereocenters. The highest BCUT2D eigenvalue weighted by molar-refractivity contribution is 5.56. The maximum absolute atomic E-state index is 9.67. The van der Waals surface area contributed by atoms with Gasteiger partial charge in [-0.15, -0.1) is 0 Å². The second-order valence-electron chi connectivity index (χ2n) is 3.35. The molecule has 0 aromatic heterocycles. The number of hydrogen-bond donors (Lipinski definition) is 1. The lowest BCUT2D eigenvalue weighted by Crippen LogP contribution is -1.95. The monoisotopic (exact) mass is 191 g/mol. The molecule has 74 valence electrons. The van der Waals surface area contributed by atoms with E-state index in [-0.39, 0.29) is 11.7 Å². The van der Waals surface area contributed by atoms with E-state index in [1.165, 1.54) is 7.11 Å². The average Bonchev–Trinajstić information content (AvgIpc) is 2.17. The maximum Gasteiger partial charge on any atom is 0.176 e. The topological polar surface area (TPSA) is 53.2 Å². The van der Waals surface area contributed by atoms with Crippen LogP contribution in [-0.2, 0) is 0 Å². The van der Waals surface area contributed by atoms with E-state index in [9.17, 15) is 5.11 Å². The number of benzene rings is 1. The van der Waals surface area contributed by atoms with E-state index in [1.54, 1.807) is 6.07 Å². The minimum Gasteiger partial charge on any atom is -0.503 e. The van der Waals surface area contributed by atoms with Crippen molar-refractivity contribution in [3.05, 3.63) is 23.3 Å². The first-order chi connectivity index (χ1) is 6.61. The van der Waals surface area contributed by atoms with Crippen LogP contribution in [0.1, 0.15) is 30.9 Å². The lowest BCUT2D eigenvalue weighted by atomic mass is 9.97. The first-order valence-electron chi connectivity index (χ1n) is 4.41. The van der Waals surface area contributed by atoms with Crippen molar-refractivity contribution < 1.29 is 9.84 Å². The molecule has 0 aliphatic carbocycles. The molecule has 14 heavy (non-hydrogen) atoms. The molecule has 1 aromatic carbocycles. The lowest BCUT2D eigenvalue weighted by Gasteiger charge is -2.11. The quantitative estimate of drug-likeness (QED) is 0.780. The molecule has 0 fully saturated rings. The molecule has 0 radical (unpaired) electrons. The summed E-state index contributed by atoms with van der Waals surface area (Å²) < 4.78 is 4.92. The number of aromatic hydroxyl groups is 1. The summed E-state index contributed by atoms with van der Waals surface area (Å²) in [4.78, 5) is 0. The number of nitrogens with zero attached hydrogens (tertiary/aromatic N) is 1. The molecule has 0 bridgehead atoms. The van der Waals surface area contributed by atoms with E-state index in [2.05, 4.69) is 0 Å². The molecule has 3 heteroatoms. The van der Waals surface area contributed by atoms with Gasteiger partial charge in [-0.05, 0) is 17.5 Å². The van der Waals surface area contributed by atoms with Gasteiger partial charge >= 0.3 is 0 Å². The molecule has 3 nitrogen and oxygen atoms in total. The number of hydrogen-bond acceptors (Lipinski definition) is 3. The van der Waals surface area contributed by atoms with Gasteiger partial charge < -0.3 is 9.84 Å². The molecule has 1 aromatic rings. The van der Waals surface area contributed by atoms with Crippen molar-refractivity contribution in [1.82, 2.24) is 0 Å². The van der Waals surface area contributed by atoms with Crippen molar-refractivity contribution in [2.24, 2.45) is 0 Å². The second-order valence-corrected chi connectivity index (χ2v) is 3.35. The largest absolute Gasteiger partial charge is 0.503 e. The van der Waals surface area contributed by atoms with Crippen LogP contribution < -0.4 is 4.74 Å².